The first-order valence-corrected chi connectivity index (χ1v) is 7.44. The van der Waals surface area contributed by atoms with Crippen LogP contribution in [0.15, 0.2) is 29.3 Å². The zero-order valence-corrected chi connectivity index (χ0v) is 16.2. The Hall–Kier alpha value is -2.69. The van der Waals surface area contributed by atoms with Crippen LogP contribution >= 0.6 is 24.0 Å². The van der Waals surface area contributed by atoms with E-state index >= 15 is 0 Å². The van der Waals surface area contributed by atoms with E-state index in [0.717, 1.165) is 6.07 Å². The Morgan fingerprint density at radius 2 is 2.07 bits per heavy atom. The number of anilines is 2. The van der Waals surface area contributed by atoms with E-state index in [2.05, 4.69) is 25.2 Å². The second-order valence-electron chi connectivity index (χ2n) is 5.11. The van der Waals surface area contributed by atoms with Gasteiger partial charge in [-0.05, 0) is 25.0 Å². The number of alkyl halides is 3. The maximum Gasteiger partial charge on any atom is 0.573 e. The van der Waals surface area contributed by atoms with Gasteiger partial charge in [-0.1, -0.05) is 12.1 Å². The highest BCUT2D eigenvalue weighted by Crippen LogP contribution is 2.29. The van der Waals surface area contributed by atoms with Gasteiger partial charge in [0.05, 0.1) is 11.4 Å². The van der Waals surface area contributed by atoms with Crippen molar-refractivity contribution in [2.45, 2.75) is 19.2 Å². The molecule has 0 aliphatic carbocycles. The molecule has 0 saturated heterocycles. The molecule has 1 heterocycles. The minimum atomic E-state index is -4.81. The fraction of sp³-hybridized carbons (Fsp3) is 0.267. The number of nitrogens with one attached hydrogen (secondary N) is 2. The minimum Gasteiger partial charge on any atom is -0.404 e. The van der Waals surface area contributed by atoms with E-state index in [-0.39, 0.29) is 48.0 Å². The van der Waals surface area contributed by atoms with Gasteiger partial charge in [-0.15, -0.1) is 37.1 Å². The first-order valence-electron chi connectivity index (χ1n) is 7.44. The van der Waals surface area contributed by atoms with Crippen LogP contribution in [0.2, 0.25) is 0 Å². The van der Waals surface area contributed by atoms with Crippen LogP contribution in [-0.2, 0) is 6.42 Å². The third kappa shape index (κ3) is 6.85. The minimum absolute atomic E-state index is 0. The van der Waals surface area contributed by atoms with Gasteiger partial charge >= 0.3 is 6.36 Å². The van der Waals surface area contributed by atoms with Crippen LogP contribution in [0.5, 0.6) is 5.75 Å². The lowest BCUT2D eigenvalue weighted by molar-refractivity contribution is -0.274. The molecule has 146 valence electrons. The van der Waals surface area contributed by atoms with Crippen molar-refractivity contribution >= 4 is 41.4 Å². The van der Waals surface area contributed by atoms with E-state index in [1.165, 1.54) is 18.2 Å². The molecule has 2 rings (SSSR count). The van der Waals surface area contributed by atoms with E-state index in [1.807, 2.05) is 6.07 Å². The highest BCUT2D eigenvalue weighted by molar-refractivity contribution is 14.0. The number of halogens is 4. The van der Waals surface area contributed by atoms with Crippen molar-refractivity contribution in [1.82, 2.24) is 10.2 Å². The molecule has 12 heteroatoms. The summed E-state index contributed by atoms with van der Waals surface area (Å²) < 4.78 is 41.1. The summed E-state index contributed by atoms with van der Waals surface area (Å²) >= 11 is 0. The molecule has 0 unspecified atom stereocenters. The van der Waals surface area contributed by atoms with Gasteiger partial charge in [-0.3, -0.25) is 10.1 Å². The number of nitrogens with zero attached hydrogens (tertiary/aromatic N) is 3. The SMILES string of the molecule is I.N#Cc1c(N)n[nH]c1CCCN=C(N)Nc1ccccc1OC(F)(F)F. The molecule has 0 amide bonds. The predicted molar refractivity (Wildman–Crippen MR) is 105 cm³/mol. The summed E-state index contributed by atoms with van der Waals surface area (Å²) in [4.78, 5) is 4.03. The number of nitrogen functional groups attached to an aromatic ring is 1. The number of aryl methyl sites for hydroxylation is 1. The maximum atomic E-state index is 12.4. The van der Waals surface area contributed by atoms with Crippen LogP contribution in [-0.4, -0.2) is 29.1 Å². The van der Waals surface area contributed by atoms with E-state index in [1.54, 1.807) is 0 Å². The van der Waals surface area contributed by atoms with Gasteiger partial charge in [-0.2, -0.15) is 10.4 Å². The summed E-state index contributed by atoms with van der Waals surface area (Å²) in [5.41, 5.74) is 12.1. The Balaban J connectivity index is 0.00000364. The lowest BCUT2D eigenvalue weighted by atomic mass is 10.1. The average molecular weight is 495 g/mol. The van der Waals surface area contributed by atoms with Crippen LogP contribution in [0.3, 0.4) is 0 Å². The van der Waals surface area contributed by atoms with Gasteiger partial charge < -0.3 is 21.5 Å². The number of nitriles is 1. The van der Waals surface area contributed by atoms with Crippen LogP contribution in [0.4, 0.5) is 24.7 Å². The lowest BCUT2D eigenvalue weighted by Crippen LogP contribution is -2.24. The molecular formula is C15H17F3IN7O. The summed E-state index contributed by atoms with van der Waals surface area (Å²) in [5, 5.41) is 17.9. The van der Waals surface area contributed by atoms with Crippen molar-refractivity contribution in [1.29, 1.82) is 5.26 Å². The molecule has 0 spiro atoms. The van der Waals surface area contributed by atoms with Crippen LogP contribution < -0.4 is 21.5 Å². The molecule has 1 aromatic heterocycles. The molecule has 1 aromatic carbocycles. The number of H-pyrrole nitrogens is 1. The van der Waals surface area contributed by atoms with E-state index in [9.17, 15) is 13.2 Å². The first kappa shape index (κ1) is 22.4. The Kier molecular flexibility index (Phi) is 8.16. The monoisotopic (exact) mass is 495 g/mol. The third-order valence-electron chi connectivity index (χ3n) is 3.22. The molecule has 2 aromatic rings. The van der Waals surface area contributed by atoms with Crippen LogP contribution in [0, 0.1) is 11.3 Å². The quantitative estimate of drug-likeness (QED) is 0.211. The normalized spacial score (nSPS) is 11.4. The number of hydrogen-bond acceptors (Lipinski definition) is 5. The molecule has 0 saturated carbocycles. The summed E-state index contributed by atoms with van der Waals surface area (Å²) in [6.07, 6.45) is -3.81. The van der Waals surface area contributed by atoms with Crippen molar-refractivity contribution in [3.05, 3.63) is 35.5 Å². The van der Waals surface area contributed by atoms with E-state index in [0.29, 0.717) is 24.1 Å². The molecule has 0 radical (unpaired) electrons. The predicted octanol–water partition coefficient (Wildman–Crippen LogP) is 2.74. The maximum absolute atomic E-state index is 12.4. The number of guanidine groups is 1. The lowest BCUT2D eigenvalue weighted by Gasteiger charge is -2.14. The Labute approximate surface area is 169 Å². The molecule has 6 N–H and O–H groups in total. The molecular weight excluding hydrogens is 478 g/mol. The second kappa shape index (κ2) is 9.86. The number of benzene rings is 1. The molecule has 0 atom stereocenters. The Morgan fingerprint density at radius 3 is 2.74 bits per heavy atom. The standard InChI is InChI=1S/C15H16F3N7O.HI/c16-15(17,18)26-12-6-2-1-4-11(12)23-14(21)22-7-3-5-10-9(8-19)13(20)25-24-10;/h1-2,4,6H,3,5,7H2,(H3,20,24,25)(H3,21,22,23);1H. The van der Waals surface area contributed by atoms with Crippen molar-refractivity contribution in [2.75, 3.05) is 17.6 Å². The fourth-order valence-corrected chi connectivity index (χ4v) is 2.12. The number of nitrogens with two attached hydrogens (primary N) is 2. The number of aromatic nitrogens is 2. The average Bonchev–Trinajstić information content (AvgIpc) is 2.92. The van der Waals surface area contributed by atoms with Gasteiger partial charge in [0.1, 0.15) is 11.6 Å². The highest BCUT2D eigenvalue weighted by Gasteiger charge is 2.32. The zero-order valence-electron chi connectivity index (χ0n) is 13.9. The number of hydrogen-bond donors (Lipinski definition) is 4. The van der Waals surface area contributed by atoms with E-state index in [4.69, 9.17) is 16.7 Å². The van der Waals surface area contributed by atoms with Gasteiger partial charge in [0.15, 0.2) is 17.5 Å². The van der Waals surface area contributed by atoms with Crippen molar-refractivity contribution < 1.29 is 17.9 Å². The molecule has 0 aliphatic rings. The molecule has 0 bridgehead atoms. The summed E-state index contributed by atoms with van der Waals surface area (Å²) in [6.45, 7) is 0.283. The van der Waals surface area contributed by atoms with Gasteiger partial charge in [-0.25, -0.2) is 0 Å². The summed E-state index contributed by atoms with van der Waals surface area (Å²) in [5.74, 6) is -0.342. The summed E-state index contributed by atoms with van der Waals surface area (Å²) in [7, 11) is 0. The number of aliphatic imine (C=N–C) groups is 1. The van der Waals surface area contributed by atoms with Crippen molar-refractivity contribution in [3.63, 3.8) is 0 Å². The number of para-hydroxylation sites is 2. The smallest absolute Gasteiger partial charge is 0.404 e. The Bertz CT molecular complexity index is 830. The number of rotatable bonds is 6. The largest absolute Gasteiger partial charge is 0.573 e. The van der Waals surface area contributed by atoms with Crippen LogP contribution in [0.25, 0.3) is 0 Å². The molecule has 0 aliphatic heterocycles. The molecule has 0 fully saturated rings. The highest BCUT2D eigenvalue weighted by atomic mass is 127. The fourth-order valence-electron chi connectivity index (χ4n) is 2.12. The first-order chi connectivity index (χ1) is 12.3. The van der Waals surface area contributed by atoms with Gasteiger partial charge in [0.25, 0.3) is 0 Å². The third-order valence-corrected chi connectivity index (χ3v) is 3.22. The topological polar surface area (TPSA) is 138 Å². The van der Waals surface area contributed by atoms with Gasteiger partial charge in [0, 0.05) is 6.54 Å². The molecule has 8 nitrogen and oxygen atoms in total. The van der Waals surface area contributed by atoms with E-state index < -0.39 is 12.1 Å². The van der Waals surface area contributed by atoms with Gasteiger partial charge in [0.2, 0.25) is 0 Å². The van der Waals surface area contributed by atoms with Crippen molar-refractivity contribution in [3.8, 4) is 11.8 Å². The van der Waals surface area contributed by atoms with Crippen molar-refractivity contribution in [2.24, 2.45) is 10.7 Å². The molecule has 27 heavy (non-hydrogen) atoms. The number of ether oxygens (including phenoxy) is 1. The Morgan fingerprint density at radius 1 is 1.37 bits per heavy atom. The van der Waals surface area contributed by atoms with Crippen LogP contribution in [0.1, 0.15) is 17.7 Å². The zero-order chi connectivity index (χ0) is 19.2. The second-order valence-corrected chi connectivity index (χ2v) is 5.11. The number of aromatic amines is 1. The summed E-state index contributed by atoms with van der Waals surface area (Å²) in [6, 6.07) is 7.44.